The van der Waals surface area contributed by atoms with E-state index in [1.54, 1.807) is 10.9 Å². The van der Waals surface area contributed by atoms with Gasteiger partial charge in [0.15, 0.2) is 0 Å². The van der Waals surface area contributed by atoms with Crippen molar-refractivity contribution in [2.24, 2.45) is 12.2 Å². The van der Waals surface area contributed by atoms with Crippen LogP contribution < -0.4 is 16.2 Å². The van der Waals surface area contributed by atoms with E-state index in [0.29, 0.717) is 17.9 Å². The van der Waals surface area contributed by atoms with Crippen LogP contribution in [0.3, 0.4) is 0 Å². The minimum atomic E-state index is -3.73. The third-order valence-corrected chi connectivity index (χ3v) is 3.88. The fraction of sp³-hybridized carbons (Fsp3) is 0.250. The molecule has 0 aliphatic carbocycles. The van der Waals surface area contributed by atoms with Gasteiger partial charge in [0, 0.05) is 31.9 Å². The van der Waals surface area contributed by atoms with Crippen molar-refractivity contribution in [2.75, 3.05) is 17.6 Å². The van der Waals surface area contributed by atoms with Crippen LogP contribution in [0.25, 0.3) is 0 Å². The van der Waals surface area contributed by atoms with Crippen molar-refractivity contribution in [3.8, 4) is 0 Å². The average molecular weight is 295 g/mol. The molecule has 0 unspecified atom stereocenters. The average Bonchev–Trinajstić information content (AvgIpc) is 2.76. The summed E-state index contributed by atoms with van der Waals surface area (Å²) >= 11 is 0. The summed E-state index contributed by atoms with van der Waals surface area (Å²) in [5.41, 5.74) is 7.90. The predicted octanol–water partition coefficient (Wildman–Crippen LogP) is 0.304. The van der Waals surface area contributed by atoms with Gasteiger partial charge in [0.05, 0.1) is 16.3 Å². The van der Waals surface area contributed by atoms with Crippen LogP contribution in [0.4, 0.5) is 11.4 Å². The molecule has 2 rings (SSSR count). The molecule has 0 aliphatic heterocycles. The van der Waals surface area contributed by atoms with Gasteiger partial charge in [0.1, 0.15) is 0 Å². The van der Waals surface area contributed by atoms with Gasteiger partial charge in [-0.25, -0.2) is 13.6 Å². The number of primary sulfonamides is 1. The van der Waals surface area contributed by atoms with Crippen molar-refractivity contribution in [1.82, 2.24) is 9.78 Å². The molecule has 0 fully saturated rings. The first-order valence-electron chi connectivity index (χ1n) is 6.01. The molecule has 0 saturated heterocycles. The number of aryl methyl sites for hydroxylation is 1. The molecule has 1 heterocycles. The van der Waals surface area contributed by atoms with Gasteiger partial charge in [-0.1, -0.05) is 0 Å². The molecule has 0 spiro atoms. The Morgan fingerprint density at radius 3 is 2.70 bits per heavy atom. The number of nitrogen functional groups attached to an aromatic ring is 1. The van der Waals surface area contributed by atoms with E-state index in [1.807, 2.05) is 13.1 Å². The normalized spacial score (nSPS) is 11.5. The van der Waals surface area contributed by atoms with Crippen LogP contribution in [0.15, 0.2) is 35.4 Å². The van der Waals surface area contributed by atoms with E-state index in [9.17, 15) is 8.42 Å². The largest absolute Gasteiger partial charge is 0.397 e. The first-order chi connectivity index (χ1) is 9.38. The summed E-state index contributed by atoms with van der Waals surface area (Å²) in [4.78, 5) is 0.0368. The first-order valence-corrected chi connectivity index (χ1v) is 7.55. The zero-order valence-electron chi connectivity index (χ0n) is 11.1. The molecule has 1 aromatic heterocycles. The van der Waals surface area contributed by atoms with Crippen molar-refractivity contribution >= 4 is 21.4 Å². The molecule has 0 aliphatic rings. The van der Waals surface area contributed by atoms with Crippen LogP contribution in [0.5, 0.6) is 0 Å². The second kappa shape index (κ2) is 5.51. The van der Waals surface area contributed by atoms with Gasteiger partial charge in [-0.2, -0.15) is 5.10 Å². The van der Waals surface area contributed by atoms with Crippen LogP contribution in [0.1, 0.15) is 5.69 Å². The number of hydrogen-bond donors (Lipinski definition) is 3. The number of nitrogens with one attached hydrogen (secondary N) is 1. The minimum Gasteiger partial charge on any atom is -0.397 e. The van der Waals surface area contributed by atoms with E-state index in [0.717, 1.165) is 12.1 Å². The molecule has 0 atom stereocenters. The number of sulfonamides is 1. The smallest absolute Gasteiger partial charge is 0.238 e. The van der Waals surface area contributed by atoms with E-state index < -0.39 is 10.0 Å². The van der Waals surface area contributed by atoms with E-state index in [1.165, 1.54) is 18.2 Å². The summed E-state index contributed by atoms with van der Waals surface area (Å²) < 4.78 is 24.4. The molecule has 0 amide bonds. The summed E-state index contributed by atoms with van der Waals surface area (Å²) in [6, 6.07) is 6.27. The molecular formula is C12H17N5O2S. The molecule has 8 heteroatoms. The molecular weight excluding hydrogens is 278 g/mol. The topological polar surface area (TPSA) is 116 Å². The van der Waals surface area contributed by atoms with E-state index in [4.69, 9.17) is 10.9 Å². The molecule has 20 heavy (non-hydrogen) atoms. The van der Waals surface area contributed by atoms with Crippen LogP contribution in [-0.4, -0.2) is 24.7 Å². The van der Waals surface area contributed by atoms with Crippen molar-refractivity contribution < 1.29 is 8.42 Å². The van der Waals surface area contributed by atoms with Gasteiger partial charge >= 0.3 is 0 Å². The second-order valence-corrected chi connectivity index (χ2v) is 5.98. The Bertz CT molecular complexity index is 708. The highest BCUT2D eigenvalue weighted by Gasteiger charge is 2.10. The highest BCUT2D eigenvalue weighted by Crippen LogP contribution is 2.22. The molecule has 0 radical (unpaired) electrons. The summed E-state index contributed by atoms with van der Waals surface area (Å²) in [6.07, 6.45) is 2.47. The third kappa shape index (κ3) is 3.28. The van der Waals surface area contributed by atoms with Crippen molar-refractivity contribution in [3.63, 3.8) is 0 Å². The van der Waals surface area contributed by atoms with E-state index in [2.05, 4.69) is 10.4 Å². The lowest BCUT2D eigenvalue weighted by Gasteiger charge is -2.10. The van der Waals surface area contributed by atoms with Crippen molar-refractivity contribution in [1.29, 1.82) is 0 Å². The third-order valence-electron chi connectivity index (χ3n) is 2.97. The van der Waals surface area contributed by atoms with Crippen molar-refractivity contribution in [2.45, 2.75) is 11.3 Å². The standard InChI is InChI=1S/C12H17N5O2S/c1-17-9(5-7-16-17)4-6-15-12-8-10(20(14,18)19)2-3-11(12)13/h2-3,5,7-8,15H,4,6,13H2,1H3,(H2,14,18,19). The molecule has 2 aromatic rings. The zero-order chi connectivity index (χ0) is 14.8. The maximum absolute atomic E-state index is 11.3. The lowest BCUT2D eigenvalue weighted by molar-refractivity contribution is 0.598. The van der Waals surface area contributed by atoms with Gasteiger partial charge in [-0.05, 0) is 24.3 Å². The summed E-state index contributed by atoms with van der Waals surface area (Å²) in [5.74, 6) is 0. The van der Waals surface area contributed by atoms with Crippen LogP contribution in [0.2, 0.25) is 0 Å². The number of benzene rings is 1. The van der Waals surface area contributed by atoms with Gasteiger partial charge in [-0.3, -0.25) is 4.68 Å². The molecule has 5 N–H and O–H groups in total. The van der Waals surface area contributed by atoms with Crippen LogP contribution in [-0.2, 0) is 23.5 Å². The Morgan fingerprint density at radius 1 is 1.35 bits per heavy atom. The monoisotopic (exact) mass is 295 g/mol. The molecule has 0 saturated carbocycles. The summed E-state index contributed by atoms with van der Waals surface area (Å²) in [6.45, 7) is 0.609. The predicted molar refractivity (Wildman–Crippen MR) is 77.6 cm³/mol. The van der Waals surface area contributed by atoms with Crippen molar-refractivity contribution in [3.05, 3.63) is 36.2 Å². The van der Waals surface area contributed by atoms with Crippen LogP contribution >= 0.6 is 0 Å². The minimum absolute atomic E-state index is 0.0368. The number of hydrogen-bond acceptors (Lipinski definition) is 5. The van der Waals surface area contributed by atoms with Gasteiger partial charge in [0.25, 0.3) is 0 Å². The van der Waals surface area contributed by atoms with Gasteiger partial charge in [-0.15, -0.1) is 0 Å². The number of nitrogens with two attached hydrogens (primary N) is 2. The fourth-order valence-electron chi connectivity index (χ4n) is 1.84. The zero-order valence-corrected chi connectivity index (χ0v) is 11.9. The lowest BCUT2D eigenvalue weighted by Crippen LogP contribution is -2.14. The Hall–Kier alpha value is -2.06. The Labute approximate surface area is 117 Å². The Balaban J connectivity index is 2.08. The van der Waals surface area contributed by atoms with E-state index >= 15 is 0 Å². The Kier molecular flexibility index (Phi) is 3.96. The summed E-state index contributed by atoms with van der Waals surface area (Å²) in [5, 5.41) is 12.3. The molecule has 1 aromatic carbocycles. The molecule has 108 valence electrons. The van der Waals surface area contributed by atoms with Crippen LogP contribution in [0, 0.1) is 0 Å². The number of anilines is 2. The van der Waals surface area contributed by atoms with Gasteiger partial charge in [0.2, 0.25) is 10.0 Å². The lowest BCUT2D eigenvalue weighted by atomic mass is 10.2. The maximum atomic E-state index is 11.3. The molecule has 7 nitrogen and oxygen atoms in total. The van der Waals surface area contributed by atoms with E-state index in [-0.39, 0.29) is 4.90 Å². The van der Waals surface area contributed by atoms with Gasteiger partial charge < -0.3 is 11.1 Å². The fourth-order valence-corrected chi connectivity index (χ4v) is 2.38. The highest BCUT2D eigenvalue weighted by atomic mass is 32.2. The quantitative estimate of drug-likeness (QED) is 0.686. The summed E-state index contributed by atoms with van der Waals surface area (Å²) in [7, 11) is -1.86. The number of nitrogens with zero attached hydrogens (tertiary/aromatic N) is 2. The maximum Gasteiger partial charge on any atom is 0.238 e. The second-order valence-electron chi connectivity index (χ2n) is 4.42. The Morgan fingerprint density at radius 2 is 2.10 bits per heavy atom. The first kappa shape index (κ1) is 14.4. The number of aromatic nitrogens is 2. The number of rotatable bonds is 5. The molecule has 0 bridgehead atoms. The SMILES string of the molecule is Cn1nccc1CCNc1cc(S(N)(=O)=O)ccc1N. The highest BCUT2D eigenvalue weighted by molar-refractivity contribution is 7.89.